The van der Waals surface area contributed by atoms with Crippen LogP contribution in [-0.4, -0.2) is 38.8 Å². The molecule has 1 atom stereocenters. The first-order valence-corrected chi connectivity index (χ1v) is 13.3. The number of rotatable bonds is 1. The molecular formula is C12H27NOSi2. The first-order chi connectivity index (χ1) is 7.27. The topological polar surface area (TPSA) is 12.5 Å². The minimum atomic E-state index is -1.48. The second-order valence-corrected chi connectivity index (χ2v) is 20.6. The Kier molecular flexibility index (Phi) is 3.15. The Bertz CT molecular complexity index is 274. The van der Waals surface area contributed by atoms with Crippen LogP contribution < -0.4 is 0 Å². The summed E-state index contributed by atoms with van der Waals surface area (Å²) in [7, 11) is -2.75. The van der Waals surface area contributed by atoms with E-state index in [1.54, 1.807) is 0 Å². The zero-order chi connectivity index (χ0) is 12.0. The summed E-state index contributed by atoms with van der Waals surface area (Å²) in [4.78, 5) is 0. The van der Waals surface area contributed by atoms with Crippen LogP contribution in [0.3, 0.4) is 0 Å². The van der Waals surface area contributed by atoms with Crippen molar-refractivity contribution in [2.24, 2.45) is 0 Å². The van der Waals surface area contributed by atoms with Crippen molar-refractivity contribution in [3.63, 3.8) is 0 Å². The summed E-state index contributed by atoms with van der Waals surface area (Å²) in [6, 6.07) is 1.46. The Morgan fingerprint density at radius 2 is 1.62 bits per heavy atom. The van der Waals surface area contributed by atoms with Crippen molar-refractivity contribution in [1.82, 2.24) is 4.57 Å². The molecule has 0 bridgehead atoms. The number of nitrogens with zero attached hydrogens (tertiary/aromatic N) is 1. The summed E-state index contributed by atoms with van der Waals surface area (Å²) >= 11 is 0. The Balaban J connectivity index is 2.20. The Morgan fingerprint density at radius 3 is 2.12 bits per heavy atom. The molecule has 2 aliphatic heterocycles. The van der Waals surface area contributed by atoms with Gasteiger partial charge in [-0.2, -0.15) is 0 Å². The van der Waals surface area contributed by atoms with Crippen molar-refractivity contribution >= 4 is 15.6 Å². The summed E-state index contributed by atoms with van der Waals surface area (Å²) in [5, 5.41) is 0. The average molecular weight is 258 g/mol. The minimum Gasteiger partial charge on any atom is -0.414 e. The first-order valence-electron chi connectivity index (χ1n) is 6.72. The molecule has 94 valence electrons. The predicted octanol–water partition coefficient (Wildman–Crippen LogP) is 3.14. The van der Waals surface area contributed by atoms with E-state index in [9.17, 15) is 0 Å². The Labute approximate surface area is 102 Å². The van der Waals surface area contributed by atoms with Crippen LogP contribution in [-0.2, 0) is 4.43 Å². The van der Waals surface area contributed by atoms with Gasteiger partial charge >= 0.3 is 0 Å². The van der Waals surface area contributed by atoms with Crippen LogP contribution in [0, 0.1) is 0 Å². The summed E-state index contributed by atoms with van der Waals surface area (Å²) in [6.45, 7) is 14.8. The molecule has 4 heteroatoms. The highest BCUT2D eigenvalue weighted by atomic mass is 29.3. The van der Waals surface area contributed by atoms with Gasteiger partial charge in [0, 0.05) is 0 Å². The van der Waals surface area contributed by atoms with Gasteiger partial charge in [0.15, 0.2) is 7.83 Å². The van der Waals surface area contributed by atoms with Gasteiger partial charge in [0.25, 0.3) is 0 Å². The SMILES string of the molecule is CC1(C)CC[Si](C)(N2CCCC2)[Si](C)(C)O1. The second-order valence-electron chi connectivity index (χ2n) is 6.84. The van der Waals surface area contributed by atoms with Gasteiger partial charge in [-0.3, -0.25) is 0 Å². The second kappa shape index (κ2) is 3.93. The summed E-state index contributed by atoms with van der Waals surface area (Å²) in [5.74, 6) is 0. The Hall–Kier alpha value is 0.354. The first kappa shape index (κ1) is 12.8. The van der Waals surface area contributed by atoms with Gasteiger partial charge in [-0.1, -0.05) is 6.55 Å². The van der Waals surface area contributed by atoms with E-state index >= 15 is 0 Å². The maximum absolute atomic E-state index is 6.55. The lowest BCUT2D eigenvalue weighted by Crippen LogP contribution is -2.73. The van der Waals surface area contributed by atoms with Gasteiger partial charge in [0.05, 0.1) is 5.60 Å². The predicted molar refractivity (Wildman–Crippen MR) is 74.5 cm³/mol. The molecule has 2 aliphatic rings. The maximum Gasteiger partial charge on any atom is 0.192 e. The molecule has 0 saturated carbocycles. The third-order valence-corrected chi connectivity index (χ3v) is 21.4. The average Bonchev–Trinajstić information content (AvgIpc) is 2.63. The molecule has 2 rings (SSSR count). The van der Waals surface area contributed by atoms with E-state index in [0.717, 1.165) is 0 Å². The molecule has 0 aliphatic carbocycles. The standard InChI is InChI=1S/C12H27NOSi2/c1-12(2)8-11-16(5,15(3,4)14-12)13-9-6-7-10-13/h6-11H2,1-5H3. The van der Waals surface area contributed by atoms with Gasteiger partial charge in [-0.15, -0.1) is 0 Å². The lowest BCUT2D eigenvalue weighted by atomic mass is 10.1. The smallest absolute Gasteiger partial charge is 0.192 e. The van der Waals surface area contributed by atoms with Crippen LogP contribution in [0.1, 0.15) is 33.1 Å². The fourth-order valence-corrected chi connectivity index (χ4v) is 15.8. The summed E-state index contributed by atoms with van der Waals surface area (Å²) in [5.41, 5.74) is 0.141. The largest absolute Gasteiger partial charge is 0.414 e. The summed E-state index contributed by atoms with van der Waals surface area (Å²) in [6.07, 6.45) is 4.09. The van der Waals surface area contributed by atoms with Gasteiger partial charge in [0.1, 0.15) is 7.75 Å². The molecule has 0 aromatic rings. The van der Waals surface area contributed by atoms with Crippen LogP contribution in [0.5, 0.6) is 0 Å². The molecule has 1 unspecified atom stereocenters. The molecule has 2 saturated heterocycles. The van der Waals surface area contributed by atoms with E-state index < -0.39 is 15.6 Å². The van der Waals surface area contributed by atoms with E-state index in [1.807, 2.05) is 0 Å². The lowest BCUT2D eigenvalue weighted by molar-refractivity contribution is 0.0905. The highest BCUT2D eigenvalue weighted by Gasteiger charge is 2.56. The molecule has 0 spiro atoms. The monoisotopic (exact) mass is 257 g/mol. The minimum absolute atomic E-state index is 0.141. The third kappa shape index (κ3) is 2.05. The Morgan fingerprint density at radius 1 is 1.06 bits per heavy atom. The molecule has 0 radical (unpaired) electrons. The van der Waals surface area contributed by atoms with E-state index in [2.05, 4.69) is 38.1 Å². The van der Waals surface area contributed by atoms with Crippen molar-refractivity contribution in [3.8, 4) is 0 Å². The molecule has 0 aromatic carbocycles. The third-order valence-electron chi connectivity index (χ3n) is 4.85. The quantitative estimate of drug-likeness (QED) is 0.669. The van der Waals surface area contributed by atoms with E-state index in [-0.39, 0.29) is 5.60 Å². The molecule has 0 aromatic heterocycles. The van der Waals surface area contributed by atoms with E-state index in [4.69, 9.17) is 4.43 Å². The molecule has 2 fully saturated rings. The molecule has 0 N–H and O–H groups in total. The van der Waals surface area contributed by atoms with Crippen LogP contribution in [0.2, 0.25) is 25.7 Å². The van der Waals surface area contributed by atoms with Gasteiger partial charge < -0.3 is 8.99 Å². The summed E-state index contributed by atoms with van der Waals surface area (Å²) < 4.78 is 9.40. The molecule has 0 amide bonds. The zero-order valence-corrected chi connectivity index (χ0v) is 13.6. The van der Waals surface area contributed by atoms with Crippen LogP contribution in [0.4, 0.5) is 0 Å². The van der Waals surface area contributed by atoms with Crippen molar-refractivity contribution in [2.75, 3.05) is 13.1 Å². The fourth-order valence-electron chi connectivity index (χ4n) is 3.45. The molecule has 2 nitrogen and oxygen atoms in total. The lowest BCUT2D eigenvalue weighted by Gasteiger charge is -2.54. The normalized spacial score (nSPS) is 38.8. The van der Waals surface area contributed by atoms with Crippen molar-refractivity contribution in [3.05, 3.63) is 0 Å². The van der Waals surface area contributed by atoms with Crippen LogP contribution in [0.25, 0.3) is 0 Å². The van der Waals surface area contributed by atoms with E-state index in [0.29, 0.717) is 0 Å². The van der Waals surface area contributed by atoms with Gasteiger partial charge in [-0.25, -0.2) is 0 Å². The van der Waals surface area contributed by atoms with Crippen LogP contribution in [0.15, 0.2) is 0 Å². The highest BCUT2D eigenvalue weighted by molar-refractivity contribution is 7.37. The fraction of sp³-hybridized carbons (Fsp3) is 1.00. The zero-order valence-electron chi connectivity index (χ0n) is 11.6. The van der Waals surface area contributed by atoms with Gasteiger partial charge in [0.2, 0.25) is 0 Å². The van der Waals surface area contributed by atoms with Crippen molar-refractivity contribution in [2.45, 2.75) is 64.4 Å². The van der Waals surface area contributed by atoms with Crippen LogP contribution >= 0.6 is 0 Å². The highest BCUT2D eigenvalue weighted by Crippen LogP contribution is 2.41. The van der Waals surface area contributed by atoms with Crippen molar-refractivity contribution in [1.29, 1.82) is 0 Å². The molecule has 16 heavy (non-hydrogen) atoms. The van der Waals surface area contributed by atoms with E-state index in [1.165, 1.54) is 38.4 Å². The maximum atomic E-state index is 6.55. The molecule has 2 heterocycles. The van der Waals surface area contributed by atoms with Crippen molar-refractivity contribution < 1.29 is 4.43 Å². The number of hydrogen-bond donors (Lipinski definition) is 0. The van der Waals surface area contributed by atoms with Gasteiger partial charge in [-0.05, 0) is 65.3 Å². The molecular weight excluding hydrogens is 230 g/mol. The number of hydrogen-bond acceptors (Lipinski definition) is 2.